The molecule has 7 nitrogen and oxygen atoms in total. The lowest BCUT2D eigenvalue weighted by Crippen LogP contribution is -2.48. The molecule has 12 heteroatoms. The molecular formula is C22H21AlF4N6O. The number of imidazole rings is 1. The molecule has 1 aromatic carbocycles. The molecule has 176 valence electrons. The van der Waals surface area contributed by atoms with Crippen molar-refractivity contribution in [2.45, 2.75) is 36.9 Å². The van der Waals surface area contributed by atoms with Gasteiger partial charge in [-0.05, 0) is 36.0 Å². The van der Waals surface area contributed by atoms with Gasteiger partial charge in [-0.15, -0.1) is 0 Å². The number of hydrogen-bond donors (Lipinski definition) is 1. The highest BCUT2D eigenvalue weighted by Crippen LogP contribution is 2.35. The number of aryl methyl sites for hydroxylation is 1. The molecule has 2 aliphatic rings. The summed E-state index contributed by atoms with van der Waals surface area (Å²) in [7, 11) is 1.80. The van der Waals surface area contributed by atoms with E-state index in [1.807, 2.05) is 13.8 Å². The molecule has 0 saturated heterocycles. The predicted molar refractivity (Wildman–Crippen MR) is 119 cm³/mol. The number of nitrogens with one attached hydrogen (secondary N) is 1. The van der Waals surface area contributed by atoms with Gasteiger partial charge in [-0.2, -0.15) is 18.3 Å². The zero-order chi connectivity index (χ0) is 25.1. The minimum Gasteiger partial charge on any atom is -0.358 e. The van der Waals surface area contributed by atoms with E-state index in [0.29, 0.717) is 29.9 Å². The first-order chi connectivity index (χ1) is 15.7. The van der Waals surface area contributed by atoms with Crippen LogP contribution < -0.4 is 5.32 Å². The molecule has 0 aliphatic carbocycles. The summed E-state index contributed by atoms with van der Waals surface area (Å²) in [6.45, 7) is 5.61. The zero-order valence-electron chi connectivity index (χ0n) is 18.9. The van der Waals surface area contributed by atoms with Crippen LogP contribution in [0.4, 0.5) is 17.6 Å². The van der Waals surface area contributed by atoms with Gasteiger partial charge in [0.15, 0.2) is 22.1 Å². The summed E-state index contributed by atoms with van der Waals surface area (Å²) in [6, 6.07) is 2.97. The second-order valence-corrected chi connectivity index (χ2v) is 10.2. The highest BCUT2D eigenvalue weighted by molar-refractivity contribution is 6.29. The minimum atomic E-state index is -4.87. The molecule has 4 rings (SSSR count). The van der Waals surface area contributed by atoms with Gasteiger partial charge in [-0.1, -0.05) is 19.1 Å². The van der Waals surface area contributed by atoms with Gasteiger partial charge in [0.2, 0.25) is 0 Å². The number of hydrazone groups is 1. The minimum absolute atomic E-state index is 0.155. The van der Waals surface area contributed by atoms with E-state index in [2.05, 4.69) is 36.7 Å². The van der Waals surface area contributed by atoms with E-state index in [1.165, 1.54) is 19.1 Å². The fourth-order valence-electron chi connectivity index (χ4n) is 3.82. The Hall–Kier alpha value is -2.97. The average molecular weight is 488 g/mol. The van der Waals surface area contributed by atoms with Crippen LogP contribution in [-0.4, -0.2) is 60.4 Å². The Bertz CT molecular complexity index is 1260. The molecule has 34 heavy (non-hydrogen) atoms. The Kier molecular flexibility index (Phi) is 5.73. The number of halogens is 4. The molecule has 1 aromatic heterocycles. The smallest absolute Gasteiger partial charge is 0.358 e. The second-order valence-electron chi connectivity index (χ2n) is 9.09. The molecule has 0 saturated carbocycles. The van der Waals surface area contributed by atoms with Gasteiger partial charge >= 0.3 is 6.18 Å². The van der Waals surface area contributed by atoms with Crippen molar-refractivity contribution in [1.82, 2.24) is 19.9 Å². The predicted octanol–water partition coefficient (Wildman–Crippen LogP) is 2.87. The largest absolute Gasteiger partial charge is 0.419 e. The van der Waals surface area contributed by atoms with E-state index < -0.39 is 33.4 Å². The van der Waals surface area contributed by atoms with E-state index in [0.717, 1.165) is 6.07 Å². The van der Waals surface area contributed by atoms with E-state index >= 15 is 0 Å². The fourth-order valence-corrected chi connectivity index (χ4v) is 4.18. The number of amidine groups is 1. The Balaban J connectivity index is 1.71. The maximum atomic E-state index is 14.8. The summed E-state index contributed by atoms with van der Waals surface area (Å²) >= 11 is 2.22. The normalized spacial score (nSPS) is 19.1. The number of aromatic nitrogens is 2. The summed E-state index contributed by atoms with van der Waals surface area (Å²) in [4.78, 5) is 22.3. The Morgan fingerprint density at radius 1 is 1.24 bits per heavy atom. The number of amides is 1. The first-order valence-corrected chi connectivity index (χ1v) is 10.9. The quantitative estimate of drug-likeness (QED) is 0.532. The highest BCUT2D eigenvalue weighted by atomic mass is 27.0. The van der Waals surface area contributed by atoms with Gasteiger partial charge in [0, 0.05) is 13.2 Å². The molecule has 1 amide bonds. The number of aliphatic imine (C=N–C) groups is 1. The molecule has 0 bridgehead atoms. The van der Waals surface area contributed by atoms with Crippen LogP contribution in [0.15, 0.2) is 52.5 Å². The number of fused-ring (bicyclic) bond motifs is 1. The Morgan fingerprint density at radius 2 is 1.91 bits per heavy atom. The third-order valence-corrected chi connectivity index (χ3v) is 5.84. The molecule has 2 aliphatic heterocycles. The van der Waals surface area contributed by atoms with Crippen LogP contribution in [0.5, 0.6) is 0 Å². The number of rotatable bonds is 4. The monoisotopic (exact) mass is 488 g/mol. The summed E-state index contributed by atoms with van der Waals surface area (Å²) in [5.74, 6) is -1.76. The summed E-state index contributed by atoms with van der Waals surface area (Å²) in [5, 5.41) is 8.80. The van der Waals surface area contributed by atoms with Crippen molar-refractivity contribution < 1.29 is 22.4 Å². The number of allylic oxidation sites excluding steroid dienone is 1. The number of hydrogen-bond acceptors (Lipinski definition) is 5. The lowest BCUT2D eigenvalue weighted by atomic mass is 10.0. The van der Waals surface area contributed by atoms with Gasteiger partial charge in [-0.25, -0.2) is 14.4 Å². The second kappa shape index (κ2) is 8.06. The van der Waals surface area contributed by atoms with Crippen molar-refractivity contribution in [1.29, 1.82) is 0 Å². The van der Waals surface area contributed by atoms with E-state index in [-0.39, 0.29) is 11.1 Å². The van der Waals surface area contributed by atoms with E-state index in [9.17, 15) is 22.4 Å². The van der Waals surface area contributed by atoms with Gasteiger partial charge in [0.25, 0.3) is 5.91 Å². The Morgan fingerprint density at radius 3 is 2.53 bits per heavy atom. The van der Waals surface area contributed by atoms with Crippen LogP contribution in [-0.2, 0) is 22.4 Å². The van der Waals surface area contributed by atoms with Crippen LogP contribution >= 0.6 is 0 Å². The molecule has 3 heterocycles. The Labute approximate surface area is 201 Å². The molecular weight excluding hydrogens is 467 g/mol. The van der Waals surface area contributed by atoms with Crippen LogP contribution in [0.2, 0.25) is 0 Å². The van der Waals surface area contributed by atoms with Gasteiger partial charge in [0.1, 0.15) is 17.2 Å². The van der Waals surface area contributed by atoms with Crippen molar-refractivity contribution >= 4 is 33.7 Å². The molecule has 1 N–H and O–H groups in total. The molecule has 2 radical (unpaired) electrons. The third kappa shape index (κ3) is 4.52. The highest BCUT2D eigenvalue weighted by Gasteiger charge is 2.40. The van der Waals surface area contributed by atoms with Gasteiger partial charge in [-0.3, -0.25) is 9.79 Å². The molecule has 0 unspecified atom stereocenters. The van der Waals surface area contributed by atoms with Crippen LogP contribution in [0, 0.1) is 5.82 Å². The summed E-state index contributed by atoms with van der Waals surface area (Å²) < 4.78 is 54.6. The first kappa shape index (κ1) is 24.2. The molecule has 2 aromatic rings. The van der Waals surface area contributed by atoms with E-state index in [4.69, 9.17) is 0 Å². The first-order valence-electron chi connectivity index (χ1n) is 10.3. The van der Waals surface area contributed by atoms with Crippen molar-refractivity contribution in [2.24, 2.45) is 17.1 Å². The number of alkyl halides is 3. The van der Waals surface area contributed by atoms with Crippen LogP contribution in [0.25, 0.3) is 0 Å². The number of carbonyl (C=O) groups excluding carboxylic acids is 1. The van der Waals surface area contributed by atoms with Gasteiger partial charge in [0.05, 0.1) is 29.5 Å². The zero-order valence-corrected chi connectivity index (χ0v) is 20.1. The fraction of sp³-hybridized carbons (Fsp3) is 0.364. The molecule has 0 fully saturated rings. The SMILES string of the molecule is Cn1cnc(C2=NN3CC(C)(C)N=C3C(C(=O)N[C@](C)([Al])c3cccc(C(F)(F)F)c3F)=C2)c1. The van der Waals surface area contributed by atoms with Crippen molar-refractivity contribution in [3.63, 3.8) is 0 Å². The number of nitrogens with zero attached hydrogens (tertiary/aromatic N) is 5. The maximum absolute atomic E-state index is 14.8. The maximum Gasteiger partial charge on any atom is 0.419 e. The standard InChI is InChI=1S/C22H21F4N6O.Al/c1-12(13-6-5-7-15(18(13)23)22(24,25)26)28-20(33)14-8-16(17-9-31(4)11-27-17)30-32-10-21(2,3)29-19(14)32;/h5-9,11H,10H2,1-4H3,(H,28,33);. The number of carbonyl (C=O) groups is 1. The van der Waals surface area contributed by atoms with Crippen molar-refractivity contribution in [3.8, 4) is 0 Å². The van der Waals surface area contributed by atoms with E-state index in [1.54, 1.807) is 29.1 Å². The van der Waals surface area contributed by atoms with Crippen LogP contribution in [0.1, 0.15) is 37.6 Å². The number of benzene rings is 1. The molecule has 0 spiro atoms. The van der Waals surface area contributed by atoms with Crippen molar-refractivity contribution in [2.75, 3.05) is 6.54 Å². The summed E-state index contributed by atoms with van der Waals surface area (Å²) in [5.41, 5.74) is -1.12. The third-order valence-electron chi connectivity index (χ3n) is 5.39. The average Bonchev–Trinajstić information content (AvgIpc) is 3.26. The van der Waals surface area contributed by atoms with Gasteiger partial charge < -0.3 is 9.88 Å². The lowest BCUT2D eigenvalue weighted by Gasteiger charge is -2.31. The lowest BCUT2D eigenvalue weighted by molar-refractivity contribution is -0.140. The van der Waals surface area contributed by atoms with Crippen LogP contribution in [0.3, 0.4) is 0 Å². The topological polar surface area (TPSA) is 74.9 Å². The summed E-state index contributed by atoms with van der Waals surface area (Å²) in [6.07, 6.45) is -0.00175. The molecule has 1 atom stereocenters. The van der Waals surface area contributed by atoms with Crippen molar-refractivity contribution in [3.05, 3.63) is 65.0 Å².